The molecular formula is C8H16N2O2S2. The molecule has 1 aliphatic heterocycles. The van der Waals surface area contributed by atoms with E-state index in [4.69, 9.17) is 12.2 Å². The fourth-order valence-electron chi connectivity index (χ4n) is 1.42. The van der Waals surface area contributed by atoms with Gasteiger partial charge in [0, 0.05) is 20.6 Å². The molecule has 1 aliphatic rings. The van der Waals surface area contributed by atoms with E-state index in [2.05, 4.69) is 5.32 Å². The van der Waals surface area contributed by atoms with Crippen molar-refractivity contribution in [3.8, 4) is 0 Å². The van der Waals surface area contributed by atoms with Gasteiger partial charge in [0.1, 0.15) is 0 Å². The Morgan fingerprint density at radius 1 is 1.57 bits per heavy atom. The highest BCUT2D eigenvalue weighted by Gasteiger charge is 2.27. The van der Waals surface area contributed by atoms with Crippen LogP contribution in [-0.2, 0) is 9.84 Å². The normalized spacial score (nSPS) is 24.6. The smallest absolute Gasteiger partial charge is 0.168 e. The molecule has 1 unspecified atom stereocenters. The topological polar surface area (TPSA) is 49.4 Å². The minimum Gasteiger partial charge on any atom is -0.362 e. The highest BCUT2D eigenvalue weighted by Crippen LogP contribution is 2.17. The predicted molar refractivity (Wildman–Crippen MR) is 61.0 cm³/mol. The minimum absolute atomic E-state index is 0.220. The Bertz CT molecular complexity index is 311. The Balaban J connectivity index is 2.31. The maximum Gasteiger partial charge on any atom is 0.168 e. The van der Waals surface area contributed by atoms with Gasteiger partial charge in [0.25, 0.3) is 0 Å². The van der Waals surface area contributed by atoms with Gasteiger partial charge < -0.3 is 10.2 Å². The molecule has 0 spiro atoms. The third-order valence-electron chi connectivity index (χ3n) is 2.27. The lowest BCUT2D eigenvalue weighted by Crippen LogP contribution is -2.37. The van der Waals surface area contributed by atoms with Gasteiger partial charge in [-0.2, -0.15) is 0 Å². The lowest BCUT2D eigenvalue weighted by molar-refractivity contribution is 0.540. The Morgan fingerprint density at radius 3 is 2.64 bits per heavy atom. The monoisotopic (exact) mass is 236 g/mol. The average molecular weight is 236 g/mol. The molecule has 1 N–H and O–H groups in total. The molecule has 0 bridgehead atoms. The zero-order valence-electron chi connectivity index (χ0n) is 8.49. The zero-order valence-corrected chi connectivity index (χ0v) is 10.1. The van der Waals surface area contributed by atoms with Gasteiger partial charge in [0.05, 0.1) is 11.5 Å². The van der Waals surface area contributed by atoms with Crippen LogP contribution in [0.1, 0.15) is 6.42 Å². The van der Waals surface area contributed by atoms with Crippen molar-refractivity contribution in [2.75, 3.05) is 32.1 Å². The first-order chi connectivity index (χ1) is 6.41. The van der Waals surface area contributed by atoms with Gasteiger partial charge in [-0.05, 0) is 24.6 Å². The van der Waals surface area contributed by atoms with Gasteiger partial charge in [-0.15, -0.1) is 0 Å². The van der Waals surface area contributed by atoms with Crippen molar-refractivity contribution >= 4 is 27.2 Å². The van der Waals surface area contributed by atoms with Crippen LogP contribution in [0, 0.1) is 5.92 Å². The number of nitrogens with one attached hydrogen (secondary N) is 1. The Kier molecular flexibility index (Phi) is 3.71. The molecule has 1 rings (SSSR count). The lowest BCUT2D eigenvalue weighted by Gasteiger charge is -2.17. The molecule has 1 heterocycles. The third kappa shape index (κ3) is 3.42. The Hall–Kier alpha value is -0.360. The molecular weight excluding hydrogens is 220 g/mol. The lowest BCUT2D eigenvalue weighted by atomic mass is 10.1. The molecule has 82 valence electrons. The third-order valence-corrected chi connectivity index (χ3v) is 4.62. The number of sulfone groups is 1. The molecule has 1 atom stereocenters. The first-order valence-corrected chi connectivity index (χ1v) is 6.79. The molecule has 6 heteroatoms. The van der Waals surface area contributed by atoms with Crippen LogP contribution >= 0.6 is 12.2 Å². The zero-order chi connectivity index (χ0) is 10.8. The van der Waals surface area contributed by atoms with Crippen molar-refractivity contribution in [3.63, 3.8) is 0 Å². The Morgan fingerprint density at radius 2 is 2.21 bits per heavy atom. The van der Waals surface area contributed by atoms with Crippen molar-refractivity contribution in [2.45, 2.75) is 6.42 Å². The molecule has 0 amide bonds. The van der Waals surface area contributed by atoms with Crippen molar-refractivity contribution in [3.05, 3.63) is 0 Å². The minimum atomic E-state index is -2.76. The van der Waals surface area contributed by atoms with Crippen molar-refractivity contribution in [1.82, 2.24) is 10.2 Å². The van der Waals surface area contributed by atoms with Crippen LogP contribution in [0.15, 0.2) is 0 Å². The van der Waals surface area contributed by atoms with E-state index in [1.807, 2.05) is 14.1 Å². The second kappa shape index (κ2) is 4.44. The molecule has 0 radical (unpaired) electrons. The van der Waals surface area contributed by atoms with Crippen molar-refractivity contribution < 1.29 is 8.42 Å². The van der Waals surface area contributed by atoms with Crippen LogP contribution in [0.3, 0.4) is 0 Å². The summed E-state index contributed by atoms with van der Waals surface area (Å²) in [6.45, 7) is 0.663. The molecule has 0 aliphatic carbocycles. The molecule has 0 aromatic heterocycles. The van der Waals surface area contributed by atoms with Crippen LogP contribution in [-0.4, -0.2) is 50.6 Å². The van der Waals surface area contributed by atoms with Gasteiger partial charge in [-0.1, -0.05) is 0 Å². The molecule has 0 saturated carbocycles. The van der Waals surface area contributed by atoms with E-state index in [0.717, 1.165) is 6.42 Å². The highest BCUT2D eigenvalue weighted by atomic mass is 32.2. The summed E-state index contributed by atoms with van der Waals surface area (Å²) in [4.78, 5) is 1.80. The van der Waals surface area contributed by atoms with Gasteiger partial charge in [0.15, 0.2) is 14.9 Å². The summed E-state index contributed by atoms with van der Waals surface area (Å²) in [5.74, 6) is 0.849. The van der Waals surface area contributed by atoms with Crippen LogP contribution in [0.5, 0.6) is 0 Å². The van der Waals surface area contributed by atoms with E-state index in [0.29, 0.717) is 23.2 Å². The van der Waals surface area contributed by atoms with E-state index in [1.54, 1.807) is 4.90 Å². The van der Waals surface area contributed by atoms with Gasteiger partial charge in [0.2, 0.25) is 0 Å². The SMILES string of the molecule is CN(C)C(=S)NCC1CCS(=O)(=O)C1. The highest BCUT2D eigenvalue weighted by molar-refractivity contribution is 7.91. The predicted octanol–water partition coefficient (Wildman–Crippen LogP) is -0.143. The largest absolute Gasteiger partial charge is 0.362 e. The number of hydrogen-bond donors (Lipinski definition) is 1. The van der Waals surface area contributed by atoms with Crippen molar-refractivity contribution in [1.29, 1.82) is 0 Å². The summed E-state index contributed by atoms with van der Waals surface area (Å²) >= 11 is 5.04. The van der Waals surface area contributed by atoms with Crippen LogP contribution in [0.4, 0.5) is 0 Å². The second-order valence-electron chi connectivity index (χ2n) is 3.85. The van der Waals surface area contributed by atoms with E-state index in [9.17, 15) is 8.42 Å². The van der Waals surface area contributed by atoms with E-state index in [1.165, 1.54) is 0 Å². The molecule has 1 fully saturated rings. The first-order valence-electron chi connectivity index (χ1n) is 4.56. The molecule has 1 saturated heterocycles. The summed E-state index contributed by atoms with van der Waals surface area (Å²) in [6, 6.07) is 0. The summed E-state index contributed by atoms with van der Waals surface area (Å²) in [6.07, 6.45) is 0.755. The van der Waals surface area contributed by atoms with Gasteiger partial charge >= 0.3 is 0 Å². The van der Waals surface area contributed by atoms with Gasteiger partial charge in [-0.3, -0.25) is 0 Å². The molecule has 14 heavy (non-hydrogen) atoms. The quantitative estimate of drug-likeness (QED) is 0.676. The maximum atomic E-state index is 11.1. The second-order valence-corrected chi connectivity index (χ2v) is 6.46. The summed E-state index contributed by atoms with van der Waals surface area (Å²) in [7, 11) is 0.963. The standard InChI is InChI=1S/C8H16N2O2S2/c1-10(2)8(13)9-5-7-3-4-14(11,12)6-7/h7H,3-6H2,1-2H3,(H,9,13). The number of thiocarbonyl (C=S) groups is 1. The molecule has 0 aromatic rings. The molecule has 4 nitrogen and oxygen atoms in total. The maximum absolute atomic E-state index is 11.1. The van der Waals surface area contributed by atoms with E-state index < -0.39 is 9.84 Å². The van der Waals surface area contributed by atoms with Crippen LogP contribution in [0.25, 0.3) is 0 Å². The summed E-state index contributed by atoms with van der Waals surface area (Å²) in [5.41, 5.74) is 0. The number of nitrogens with zero attached hydrogens (tertiary/aromatic N) is 1. The van der Waals surface area contributed by atoms with Crippen LogP contribution in [0.2, 0.25) is 0 Å². The summed E-state index contributed by atoms with van der Waals surface area (Å²) in [5, 5.41) is 3.72. The van der Waals surface area contributed by atoms with E-state index in [-0.39, 0.29) is 5.92 Å². The van der Waals surface area contributed by atoms with Crippen LogP contribution < -0.4 is 5.32 Å². The fraction of sp³-hybridized carbons (Fsp3) is 0.875. The number of rotatable bonds is 2. The van der Waals surface area contributed by atoms with E-state index >= 15 is 0 Å². The number of hydrogen-bond acceptors (Lipinski definition) is 3. The first kappa shape index (κ1) is 11.7. The fourth-order valence-corrected chi connectivity index (χ4v) is 3.37. The summed E-state index contributed by atoms with van der Waals surface area (Å²) < 4.78 is 22.3. The van der Waals surface area contributed by atoms with Gasteiger partial charge in [-0.25, -0.2) is 8.42 Å². The Labute approximate surface area is 90.6 Å². The molecule has 0 aromatic carbocycles. The average Bonchev–Trinajstić information content (AvgIpc) is 2.41. The van der Waals surface area contributed by atoms with Crippen molar-refractivity contribution in [2.24, 2.45) is 5.92 Å².